The first-order valence-corrected chi connectivity index (χ1v) is 17.1. The number of rotatable bonds is 10. The first-order valence-electron chi connectivity index (χ1n) is 17.1. The molecular weight excluding hydrogens is 633 g/mol. The van der Waals surface area contributed by atoms with Crippen LogP contribution in [0.2, 0.25) is 0 Å². The molecule has 7 aromatic rings. The van der Waals surface area contributed by atoms with Gasteiger partial charge in [0.1, 0.15) is 0 Å². The van der Waals surface area contributed by atoms with Gasteiger partial charge in [-0.1, -0.05) is 121 Å². The van der Waals surface area contributed by atoms with E-state index in [2.05, 4.69) is 155 Å². The maximum atomic E-state index is 9.39. The van der Waals surface area contributed by atoms with Gasteiger partial charge >= 0.3 is 0 Å². The zero-order chi connectivity index (χ0) is 35.5. The minimum atomic E-state index is 0.624. The number of hydrogen-bond donors (Lipinski definition) is 0. The molecule has 0 aliphatic heterocycles. The maximum absolute atomic E-state index is 9.39. The first-order chi connectivity index (χ1) is 25.7. The predicted octanol–water partition coefficient (Wildman–Crippen LogP) is 12.7. The topological polar surface area (TPSA) is 54.1 Å². The van der Waals surface area contributed by atoms with Crippen molar-refractivity contribution in [1.29, 1.82) is 10.5 Å². The Morgan fingerprint density at radius 1 is 0.346 bits per heavy atom. The third-order valence-corrected chi connectivity index (χ3v) is 8.71. The quantitative estimate of drug-likeness (QED) is 0.136. The number of para-hydroxylation sites is 4. The van der Waals surface area contributed by atoms with Crippen molar-refractivity contribution in [2.45, 2.75) is 0 Å². The van der Waals surface area contributed by atoms with E-state index in [1.807, 2.05) is 72.8 Å². The van der Waals surface area contributed by atoms with Gasteiger partial charge in [-0.2, -0.15) is 10.5 Å². The lowest BCUT2D eigenvalue weighted by Crippen LogP contribution is -2.15. The fourth-order valence-corrected chi connectivity index (χ4v) is 6.14. The van der Waals surface area contributed by atoms with Crippen molar-refractivity contribution in [2.24, 2.45) is 0 Å². The summed E-state index contributed by atoms with van der Waals surface area (Å²) in [7, 11) is 0. The SMILES string of the molecule is N#Cc1ccc(/C=C/c2cc(N(c3ccccc3)c3ccccc3)c(/C=C/c3ccc(C#N)cc3)cc2N(c2ccccc2)c2ccccc2)cc1. The second-order valence-corrected chi connectivity index (χ2v) is 12.1. The highest BCUT2D eigenvalue weighted by Crippen LogP contribution is 2.44. The van der Waals surface area contributed by atoms with Crippen LogP contribution in [0.15, 0.2) is 182 Å². The minimum absolute atomic E-state index is 0.624. The van der Waals surface area contributed by atoms with Crippen LogP contribution < -0.4 is 9.80 Å². The molecule has 0 heterocycles. The largest absolute Gasteiger partial charge is 0.310 e. The molecule has 0 bridgehead atoms. The van der Waals surface area contributed by atoms with Crippen molar-refractivity contribution in [3.63, 3.8) is 0 Å². The first kappa shape index (κ1) is 33.1. The molecule has 0 spiro atoms. The van der Waals surface area contributed by atoms with Gasteiger partial charge in [0.15, 0.2) is 0 Å². The highest BCUT2D eigenvalue weighted by atomic mass is 15.2. The molecule has 0 aliphatic carbocycles. The van der Waals surface area contributed by atoms with Crippen LogP contribution in [0.1, 0.15) is 33.4 Å². The van der Waals surface area contributed by atoms with Crippen molar-refractivity contribution >= 4 is 58.4 Å². The standard InChI is InChI=1S/C48H34N4/c49-35-39-25-21-37(22-26-39)29-31-41-34-48(52(45-17-9-3-10-18-45)46-19-11-4-12-20-46)42(32-30-38-23-27-40(36-50)28-24-38)33-47(41)51(43-13-5-1-6-14-43)44-15-7-2-8-16-44/h1-34H/b31-29+,32-30+. The molecule has 0 radical (unpaired) electrons. The molecule has 0 amide bonds. The molecule has 4 nitrogen and oxygen atoms in total. The van der Waals surface area contributed by atoms with Gasteiger partial charge < -0.3 is 9.80 Å². The van der Waals surface area contributed by atoms with Crippen molar-refractivity contribution in [3.05, 3.63) is 215 Å². The molecule has 0 aromatic heterocycles. The number of nitriles is 2. The van der Waals surface area contributed by atoms with E-state index in [0.717, 1.165) is 56.4 Å². The molecule has 246 valence electrons. The van der Waals surface area contributed by atoms with Crippen LogP contribution in [0.25, 0.3) is 24.3 Å². The van der Waals surface area contributed by atoms with E-state index in [-0.39, 0.29) is 0 Å². The lowest BCUT2D eigenvalue weighted by Gasteiger charge is -2.31. The second kappa shape index (κ2) is 15.9. The second-order valence-electron chi connectivity index (χ2n) is 12.1. The van der Waals surface area contributed by atoms with Gasteiger partial charge in [0.2, 0.25) is 0 Å². The lowest BCUT2D eigenvalue weighted by atomic mass is 9.99. The third-order valence-electron chi connectivity index (χ3n) is 8.71. The average molecular weight is 667 g/mol. The molecule has 0 aliphatic rings. The zero-order valence-electron chi connectivity index (χ0n) is 28.4. The molecule has 0 unspecified atom stereocenters. The van der Waals surface area contributed by atoms with Crippen LogP contribution in [0.3, 0.4) is 0 Å². The van der Waals surface area contributed by atoms with E-state index in [4.69, 9.17) is 0 Å². The van der Waals surface area contributed by atoms with E-state index >= 15 is 0 Å². The van der Waals surface area contributed by atoms with Crippen molar-refractivity contribution in [2.75, 3.05) is 9.80 Å². The summed E-state index contributed by atoms with van der Waals surface area (Å²) in [6.45, 7) is 0. The normalized spacial score (nSPS) is 10.9. The molecule has 7 aromatic carbocycles. The van der Waals surface area contributed by atoms with Crippen LogP contribution in [-0.4, -0.2) is 0 Å². The number of benzene rings is 7. The predicted molar refractivity (Wildman–Crippen MR) is 216 cm³/mol. The molecule has 0 saturated heterocycles. The van der Waals surface area contributed by atoms with Gasteiger partial charge in [-0.05, 0) is 96.1 Å². The Bertz CT molecular complexity index is 2130. The molecule has 52 heavy (non-hydrogen) atoms. The summed E-state index contributed by atoms with van der Waals surface area (Å²) in [5.74, 6) is 0. The third kappa shape index (κ3) is 7.58. The van der Waals surface area contributed by atoms with Crippen LogP contribution in [0.4, 0.5) is 34.1 Å². The number of hydrogen-bond acceptors (Lipinski definition) is 4. The van der Waals surface area contributed by atoms with Crippen molar-refractivity contribution in [1.82, 2.24) is 0 Å². The van der Waals surface area contributed by atoms with Crippen LogP contribution in [0.5, 0.6) is 0 Å². The summed E-state index contributed by atoms with van der Waals surface area (Å²) in [5.41, 5.74) is 11.3. The molecular formula is C48H34N4. The summed E-state index contributed by atoms with van der Waals surface area (Å²) < 4.78 is 0. The van der Waals surface area contributed by atoms with Crippen molar-refractivity contribution in [3.8, 4) is 12.1 Å². The van der Waals surface area contributed by atoms with E-state index in [0.29, 0.717) is 11.1 Å². The van der Waals surface area contributed by atoms with E-state index in [1.54, 1.807) is 0 Å². The molecule has 0 atom stereocenters. The van der Waals surface area contributed by atoms with Gasteiger partial charge in [-0.15, -0.1) is 0 Å². The van der Waals surface area contributed by atoms with Crippen molar-refractivity contribution < 1.29 is 0 Å². The molecule has 0 fully saturated rings. The van der Waals surface area contributed by atoms with E-state index in [9.17, 15) is 10.5 Å². The van der Waals surface area contributed by atoms with Gasteiger partial charge in [0.05, 0.1) is 34.6 Å². The van der Waals surface area contributed by atoms with E-state index in [1.165, 1.54) is 0 Å². The summed E-state index contributed by atoms with van der Waals surface area (Å²) in [6, 6.07) is 65.8. The van der Waals surface area contributed by atoms with Crippen LogP contribution in [0, 0.1) is 22.7 Å². The Hall–Kier alpha value is -7.40. The van der Waals surface area contributed by atoms with E-state index < -0.39 is 0 Å². The minimum Gasteiger partial charge on any atom is -0.310 e. The number of anilines is 6. The fraction of sp³-hybridized carbons (Fsp3) is 0. The molecule has 7 rings (SSSR count). The van der Waals surface area contributed by atoms with Crippen LogP contribution in [-0.2, 0) is 0 Å². The average Bonchev–Trinajstić information content (AvgIpc) is 3.22. The Kier molecular flexibility index (Phi) is 10.1. The molecule has 0 N–H and O–H groups in total. The fourth-order valence-electron chi connectivity index (χ4n) is 6.14. The van der Waals surface area contributed by atoms with Gasteiger partial charge in [-0.3, -0.25) is 0 Å². The maximum Gasteiger partial charge on any atom is 0.0991 e. The zero-order valence-corrected chi connectivity index (χ0v) is 28.4. The molecule has 4 heteroatoms. The lowest BCUT2D eigenvalue weighted by molar-refractivity contribution is 1.24. The van der Waals surface area contributed by atoms with Crippen LogP contribution >= 0.6 is 0 Å². The summed E-state index contributed by atoms with van der Waals surface area (Å²) in [6.07, 6.45) is 8.50. The summed E-state index contributed by atoms with van der Waals surface area (Å²) in [4.78, 5) is 4.58. The monoisotopic (exact) mass is 666 g/mol. The van der Waals surface area contributed by atoms with Gasteiger partial charge in [0.25, 0.3) is 0 Å². The Balaban J connectivity index is 1.51. The number of nitrogens with zero attached hydrogens (tertiary/aromatic N) is 4. The summed E-state index contributed by atoms with van der Waals surface area (Å²) >= 11 is 0. The smallest absolute Gasteiger partial charge is 0.0991 e. The Labute approximate surface area is 305 Å². The Morgan fingerprint density at radius 3 is 0.904 bits per heavy atom. The Morgan fingerprint density at radius 2 is 0.635 bits per heavy atom. The van der Waals surface area contributed by atoms with Gasteiger partial charge in [-0.25, -0.2) is 0 Å². The highest BCUT2D eigenvalue weighted by molar-refractivity contribution is 5.94. The summed E-state index contributed by atoms with van der Waals surface area (Å²) in [5, 5.41) is 18.8. The molecule has 0 saturated carbocycles. The van der Waals surface area contributed by atoms with Gasteiger partial charge in [0, 0.05) is 33.9 Å². The highest BCUT2D eigenvalue weighted by Gasteiger charge is 2.21.